The molecule has 0 spiro atoms. The quantitative estimate of drug-likeness (QED) is 0.231. The Kier molecular flexibility index (Phi) is 10.5. The predicted octanol–water partition coefficient (Wildman–Crippen LogP) is 5.56. The Balaban J connectivity index is 1.41. The second kappa shape index (κ2) is 14.2. The lowest BCUT2D eigenvalue weighted by Gasteiger charge is -2.47. The van der Waals surface area contributed by atoms with Crippen LogP contribution in [-0.2, 0) is 16.9 Å². The highest BCUT2D eigenvalue weighted by Gasteiger charge is 2.39. The van der Waals surface area contributed by atoms with Gasteiger partial charge in [-0.15, -0.1) is 0 Å². The summed E-state index contributed by atoms with van der Waals surface area (Å²) in [6.07, 6.45) is 3.80. The molecule has 1 aromatic heterocycles. The van der Waals surface area contributed by atoms with E-state index in [0.717, 1.165) is 74.5 Å². The maximum atomic E-state index is 14.1. The van der Waals surface area contributed by atoms with Crippen LogP contribution < -0.4 is 20.5 Å². The van der Waals surface area contributed by atoms with Crippen molar-refractivity contribution < 1.29 is 9.53 Å². The van der Waals surface area contributed by atoms with Crippen molar-refractivity contribution in [2.75, 3.05) is 45.2 Å². The van der Waals surface area contributed by atoms with Gasteiger partial charge in [0.25, 0.3) is 5.56 Å². The van der Waals surface area contributed by atoms with E-state index in [2.05, 4.69) is 80.0 Å². The summed E-state index contributed by atoms with van der Waals surface area (Å²) in [5, 5.41) is 4.33. The minimum atomic E-state index is -0.222. The van der Waals surface area contributed by atoms with Gasteiger partial charge in [0.2, 0.25) is 0 Å². The average molecular weight is 631 g/mol. The molecule has 9 heteroatoms. The molecule has 5 rings (SSSR count). The number of anilines is 1. The molecule has 3 atom stereocenters. The van der Waals surface area contributed by atoms with E-state index in [9.17, 15) is 9.59 Å². The first-order valence-electron chi connectivity index (χ1n) is 17.3. The third-order valence-corrected chi connectivity index (χ3v) is 10.0. The summed E-state index contributed by atoms with van der Waals surface area (Å²) in [7, 11) is 4.25. The van der Waals surface area contributed by atoms with Gasteiger partial charge >= 0.3 is 5.97 Å². The van der Waals surface area contributed by atoms with Crippen molar-refractivity contribution in [2.45, 2.75) is 97.4 Å². The zero-order valence-corrected chi connectivity index (χ0v) is 29.2. The summed E-state index contributed by atoms with van der Waals surface area (Å²) in [5.41, 5.74) is 2.85. The van der Waals surface area contributed by atoms with Crippen LogP contribution in [0.3, 0.4) is 0 Å². The van der Waals surface area contributed by atoms with Gasteiger partial charge in [0.15, 0.2) is 0 Å². The molecule has 3 aromatic rings. The monoisotopic (exact) mass is 630 g/mol. The molecule has 0 unspecified atom stereocenters. The number of nitrogens with zero attached hydrogens (tertiary/aromatic N) is 5. The second-order valence-corrected chi connectivity index (χ2v) is 14.0. The molecule has 2 fully saturated rings. The molecule has 2 saturated heterocycles. The van der Waals surface area contributed by atoms with Gasteiger partial charge in [-0.1, -0.05) is 39.3 Å². The van der Waals surface area contributed by atoms with E-state index in [1.54, 1.807) is 0 Å². The van der Waals surface area contributed by atoms with Crippen LogP contribution in [0.4, 0.5) is 5.69 Å². The maximum Gasteiger partial charge on any atom is 0.313 e. The number of piperazine rings is 1. The van der Waals surface area contributed by atoms with Gasteiger partial charge in [0, 0.05) is 56.0 Å². The lowest BCUT2D eigenvalue weighted by molar-refractivity contribution is -0.137. The normalized spacial score (nSPS) is 21.2. The molecular formula is C37H54N6O3. The molecule has 250 valence electrons. The topological polar surface area (TPSA) is 82.9 Å². The van der Waals surface area contributed by atoms with Crippen molar-refractivity contribution >= 4 is 22.6 Å². The molecule has 0 radical (unpaired) electrons. The number of hydrogen-bond acceptors (Lipinski definition) is 8. The average Bonchev–Trinajstić information content (AvgIpc) is 3.03. The summed E-state index contributed by atoms with van der Waals surface area (Å²) in [6, 6.07) is 15.1. The van der Waals surface area contributed by atoms with Crippen molar-refractivity contribution in [3.8, 4) is 5.75 Å². The lowest BCUT2D eigenvalue weighted by Crippen LogP contribution is -2.55. The van der Waals surface area contributed by atoms with Gasteiger partial charge in [-0.3, -0.25) is 24.0 Å². The van der Waals surface area contributed by atoms with Crippen molar-refractivity contribution in [3.05, 3.63) is 64.2 Å². The standard InChI is InChI=1S/C37H54N6O3/c1-9-12-33(42-23-26(5)38-27(6)24-42)34-39-32-16-15-29(22-31(32)35(44)43(34)10-2)41-19-17-37(18-20-41,40(7)8)28-13-11-14-30(21-28)46-36(45)25(3)4/h11,13-16,21-22,25-27,33,38H,9-10,12,17-20,23-24H2,1-8H3/t26-,27+,33-/m0/s1. The van der Waals surface area contributed by atoms with Crippen LogP contribution in [0.25, 0.3) is 10.9 Å². The molecule has 0 bridgehead atoms. The number of aromatic nitrogens is 2. The minimum absolute atomic E-state index is 0.0501. The highest BCUT2D eigenvalue weighted by Crippen LogP contribution is 2.40. The molecule has 46 heavy (non-hydrogen) atoms. The SMILES string of the molecule is CCC[C@@H](c1nc2ccc(N3CCC(c4cccc(OC(=O)C(C)C)c4)(N(C)C)CC3)cc2c(=O)n1CC)N1C[C@@H](C)N[C@@H](C)C1. The summed E-state index contributed by atoms with van der Waals surface area (Å²) in [5.74, 6) is 1.08. The van der Waals surface area contributed by atoms with Crippen LogP contribution in [0, 0.1) is 5.92 Å². The Labute approximate surface area is 274 Å². The predicted molar refractivity (Wildman–Crippen MR) is 187 cm³/mol. The zero-order chi connectivity index (χ0) is 33.2. The largest absolute Gasteiger partial charge is 0.426 e. The number of nitrogens with one attached hydrogen (secondary N) is 1. The number of esters is 1. The fourth-order valence-electron chi connectivity index (χ4n) is 7.57. The smallest absolute Gasteiger partial charge is 0.313 e. The number of carbonyl (C=O) groups excluding carboxylic acids is 1. The summed E-state index contributed by atoms with van der Waals surface area (Å²) in [6.45, 7) is 16.6. The molecule has 0 aliphatic carbocycles. The first-order valence-corrected chi connectivity index (χ1v) is 17.3. The van der Waals surface area contributed by atoms with Crippen molar-refractivity contribution in [2.24, 2.45) is 5.92 Å². The van der Waals surface area contributed by atoms with Crippen LogP contribution in [-0.4, -0.2) is 77.7 Å². The number of benzene rings is 2. The molecule has 0 amide bonds. The Hall–Kier alpha value is -3.27. The Morgan fingerprint density at radius 2 is 1.76 bits per heavy atom. The van der Waals surface area contributed by atoms with E-state index < -0.39 is 0 Å². The van der Waals surface area contributed by atoms with E-state index in [0.29, 0.717) is 29.8 Å². The molecule has 1 N–H and O–H groups in total. The third-order valence-electron chi connectivity index (χ3n) is 10.0. The van der Waals surface area contributed by atoms with Gasteiger partial charge in [-0.2, -0.15) is 0 Å². The summed E-state index contributed by atoms with van der Waals surface area (Å²) < 4.78 is 7.58. The van der Waals surface area contributed by atoms with Gasteiger partial charge in [0.05, 0.1) is 22.9 Å². The lowest BCUT2D eigenvalue weighted by atomic mass is 9.79. The summed E-state index contributed by atoms with van der Waals surface area (Å²) in [4.78, 5) is 38.8. The van der Waals surface area contributed by atoms with Crippen LogP contribution >= 0.6 is 0 Å². The van der Waals surface area contributed by atoms with Gasteiger partial charge in [-0.05, 0) is 90.0 Å². The maximum absolute atomic E-state index is 14.1. The van der Waals surface area contributed by atoms with Crippen LogP contribution in [0.5, 0.6) is 5.75 Å². The van der Waals surface area contributed by atoms with E-state index in [1.807, 2.05) is 42.7 Å². The Morgan fingerprint density at radius 1 is 1.07 bits per heavy atom. The van der Waals surface area contributed by atoms with Gasteiger partial charge in [-0.25, -0.2) is 4.98 Å². The molecule has 9 nitrogen and oxygen atoms in total. The van der Waals surface area contributed by atoms with Crippen LogP contribution in [0.2, 0.25) is 0 Å². The number of ether oxygens (including phenoxy) is 1. The van der Waals surface area contributed by atoms with Crippen molar-refractivity contribution in [1.82, 2.24) is 24.7 Å². The summed E-state index contributed by atoms with van der Waals surface area (Å²) >= 11 is 0. The van der Waals surface area contributed by atoms with Crippen molar-refractivity contribution in [1.29, 1.82) is 0 Å². The molecule has 0 saturated carbocycles. The zero-order valence-electron chi connectivity index (χ0n) is 29.2. The van der Waals surface area contributed by atoms with E-state index in [4.69, 9.17) is 9.72 Å². The third kappa shape index (κ3) is 6.87. The van der Waals surface area contributed by atoms with Gasteiger partial charge in [0.1, 0.15) is 11.6 Å². The molecular weight excluding hydrogens is 576 g/mol. The molecule has 2 aromatic carbocycles. The van der Waals surface area contributed by atoms with Crippen LogP contribution in [0.15, 0.2) is 47.3 Å². The second-order valence-electron chi connectivity index (χ2n) is 14.0. The molecule has 3 heterocycles. The number of carbonyl (C=O) groups is 1. The fourth-order valence-corrected chi connectivity index (χ4v) is 7.57. The first-order chi connectivity index (χ1) is 22.0. The highest BCUT2D eigenvalue weighted by atomic mass is 16.5. The number of rotatable bonds is 10. The molecule has 2 aliphatic heterocycles. The first kappa shape index (κ1) is 34.1. The number of piperidine rings is 1. The highest BCUT2D eigenvalue weighted by molar-refractivity contribution is 5.82. The van der Waals surface area contributed by atoms with E-state index >= 15 is 0 Å². The number of fused-ring (bicyclic) bond motifs is 1. The fraction of sp³-hybridized carbons (Fsp3) is 0.595. The molecule has 2 aliphatic rings. The van der Waals surface area contributed by atoms with E-state index in [-0.39, 0.29) is 29.0 Å². The Bertz CT molecular complexity index is 1570. The van der Waals surface area contributed by atoms with Crippen molar-refractivity contribution in [3.63, 3.8) is 0 Å². The van der Waals surface area contributed by atoms with Crippen LogP contribution in [0.1, 0.15) is 84.7 Å². The minimum Gasteiger partial charge on any atom is -0.426 e. The Morgan fingerprint density at radius 3 is 2.37 bits per heavy atom. The number of hydrogen-bond donors (Lipinski definition) is 1. The van der Waals surface area contributed by atoms with E-state index in [1.165, 1.54) is 0 Å². The van der Waals surface area contributed by atoms with Gasteiger partial charge < -0.3 is 15.0 Å².